The zero-order chi connectivity index (χ0) is 26.2. The molecule has 1 aliphatic heterocycles. The molecule has 0 aliphatic carbocycles. The summed E-state index contributed by atoms with van der Waals surface area (Å²) in [5.74, 6) is 1.22. The molecule has 1 aliphatic rings. The number of ether oxygens (including phenoxy) is 1. The third kappa shape index (κ3) is 6.70. The predicted octanol–water partition coefficient (Wildman–Crippen LogP) is 4.89. The van der Waals surface area contributed by atoms with Gasteiger partial charge < -0.3 is 15.8 Å². The molecule has 0 spiro atoms. The van der Waals surface area contributed by atoms with Crippen LogP contribution >= 0.6 is 11.6 Å². The van der Waals surface area contributed by atoms with Crippen LogP contribution < -0.4 is 20.7 Å². The summed E-state index contributed by atoms with van der Waals surface area (Å²) in [5, 5.41) is 19.6. The second kappa shape index (κ2) is 12.0. The molecule has 1 heterocycles. The van der Waals surface area contributed by atoms with Crippen LogP contribution in [0, 0.1) is 10.8 Å². The van der Waals surface area contributed by atoms with E-state index < -0.39 is 0 Å². The third-order valence-corrected chi connectivity index (χ3v) is 5.58. The highest BCUT2D eigenvalue weighted by molar-refractivity contribution is 6.31. The Kier molecular flexibility index (Phi) is 8.81. The van der Waals surface area contributed by atoms with Gasteiger partial charge in [0, 0.05) is 35.3 Å². The topological polar surface area (TPSA) is 128 Å². The minimum atomic E-state index is -0.0215. The second-order valence-corrected chi connectivity index (χ2v) is 8.51. The molecule has 9 heteroatoms. The summed E-state index contributed by atoms with van der Waals surface area (Å²) in [6.07, 6.45) is 0. The van der Waals surface area contributed by atoms with Crippen LogP contribution in [0.5, 0.6) is 5.75 Å². The van der Waals surface area contributed by atoms with Gasteiger partial charge in [-0.2, -0.15) is 0 Å². The van der Waals surface area contributed by atoms with Crippen LogP contribution in [0.25, 0.3) is 0 Å². The van der Waals surface area contributed by atoms with Gasteiger partial charge in [-0.15, -0.1) is 0 Å². The number of benzene rings is 3. The normalized spacial score (nSPS) is 12.4. The maximum atomic E-state index is 10.5. The van der Waals surface area contributed by atoms with Gasteiger partial charge in [0.25, 0.3) is 0 Å². The van der Waals surface area contributed by atoms with E-state index in [-0.39, 0.29) is 24.1 Å². The molecule has 0 aromatic heterocycles. The Balaban J connectivity index is 0.000000253. The molecule has 4 rings (SSSR count). The molecule has 3 aromatic carbocycles. The van der Waals surface area contributed by atoms with Gasteiger partial charge in [0.15, 0.2) is 0 Å². The number of nitrogen functional groups attached to an aromatic ring is 1. The van der Waals surface area contributed by atoms with E-state index >= 15 is 0 Å². The van der Waals surface area contributed by atoms with Gasteiger partial charge in [0.2, 0.25) is 5.91 Å². The molecule has 0 radical (unpaired) electrons. The van der Waals surface area contributed by atoms with Crippen molar-refractivity contribution in [3.8, 4) is 5.75 Å². The molecule has 0 bridgehead atoms. The number of methoxy groups -OCH3 is 1. The number of nitrogens with one attached hydrogen (secondary N) is 3. The van der Waals surface area contributed by atoms with E-state index in [1.807, 2.05) is 66.7 Å². The van der Waals surface area contributed by atoms with Crippen molar-refractivity contribution in [2.75, 3.05) is 24.3 Å². The molecule has 0 fully saturated rings. The van der Waals surface area contributed by atoms with E-state index in [4.69, 9.17) is 32.9 Å². The van der Waals surface area contributed by atoms with Gasteiger partial charge in [0.05, 0.1) is 25.1 Å². The molecule has 0 saturated carbocycles. The van der Waals surface area contributed by atoms with Crippen LogP contribution in [0.1, 0.15) is 30.5 Å². The minimum absolute atomic E-state index is 0.0215. The fourth-order valence-corrected chi connectivity index (χ4v) is 3.71. The van der Waals surface area contributed by atoms with E-state index in [2.05, 4.69) is 10.3 Å². The van der Waals surface area contributed by atoms with Gasteiger partial charge >= 0.3 is 0 Å². The third-order valence-electron chi connectivity index (χ3n) is 5.33. The highest BCUT2D eigenvalue weighted by Crippen LogP contribution is 2.31. The number of nitrogens with two attached hydrogens (primary N) is 1. The summed E-state index contributed by atoms with van der Waals surface area (Å²) in [4.78, 5) is 16.8. The lowest BCUT2D eigenvalue weighted by atomic mass is 9.99. The van der Waals surface area contributed by atoms with Crippen molar-refractivity contribution in [1.29, 1.82) is 10.8 Å². The first-order chi connectivity index (χ1) is 17.2. The van der Waals surface area contributed by atoms with E-state index in [9.17, 15) is 4.79 Å². The number of benzodiazepines with no additional fused rings is 1. The monoisotopic (exact) mass is 504 g/mol. The number of halogens is 1. The Morgan fingerprint density at radius 2 is 1.78 bits per heavy atom. The Labute approximate surface area is 215 Å². The van der Waals surface area contributed by atoms with Crippen LogP contribution in [0.15, 0.2) is 71.7 Å². The number of amidine groups is 2. The molecule has 0 unspecified atom stereocenters. The van der Waals surface area contributed by atoms with Crippen LogP contribution in [-0.4, -0.2) is 36.9 Å². The molecule has 5 N–H and O–H groups in total. The minimum Gasteiger partial charge on any atom is -0.497 e. The first-order valence-corrected chi connectivity index (χ1v) is 11.6. The standard InChI is InChI=1S/C18H17ClN4O.C9H12N2O/c1-11(20)23-16-8-7-14(24-2)9-15(16)18(22-10-17(23)21)12-3-5-13(19)6-4-12;1-7(12)11-6-8-2-4-9(10)5-3-8/h3-9,20-21H,10H2,1-2H3;2-5H,6,10H2,1H3,(H,11,12). The van der Waals surface area contributed by atoms with Crippen molar-refractivity contribution in [3.05, 3.63) is 88.4 Å². The van der Waals surface area contributed by atoms with Crippen LogP contribution in [0.4, 0.5) is 11.4 Å². The molecular formula is C27H29ClN6O2. The summed E-state index contributed by atoms with van der Waals surface area (Å²) in [6, 6.07) is 20.4. The lowest BCUT2D eigenvalue weighted by molar-refractivity contribution is -0.119. The van der Waals surface area contributed by atoms with Gasteiger partial charge in [-0.05, 0) is 55.0 Å². The van der Waals surface area contributed by atoms with Crippen molar-refractivity contribution >= 4 is 46.3 Å². The number of rotatable bonds is 4. The lowest BCUT2D eigenvalue weighted by Gasteiger charge is -2.24. The molecule has 3 aromatic rings. The summed E-state index contributed by atoms with van der Waals surface area (Å²) < 4.78 is 5.34. The smallest absolute Gasteiger partial charge is 0.217 e. The number of anilines is 2. The van der Waals surface area contributed by atoms with E-state index in [0.29, 0.717) is 17.3 Å². The average molecular weight is 505 g/mol. The number of fused-ring (bicyclic) bond motifs is 1. The SMILES string of the molecule is CC(=O)NCc1ccc(N)cc1.COc1ccc2c(c1)C(c1ccc(Cl)cc1)=NCC(=N)N2C(C)=N. The quantitative estimate of drug-likeness (QED) is 0.229. The Hall–Kier alpha value is -4.17. The van der Waals surface area contributed by atoms with Crippen LogP contribution in [0.2, 0.25) is 5.02 Å². The lowest BCUT2D eigenvalue weighted by Crippen LogP contribution is -2.35. The maximum absolute atomic E-state index is 10.5. The average Bonchev–Trinajstić information content (AvgIpc) is 3.00. The number of amides is 1. The van der Waals surface area contributed by atoms with Crippen LogP contribution in [-0.2, 0) is 11.3 Å². The van der Waals surface area contributed by atoms with Crippen molar-refractivity contribution in [3.63, 3.8) is 0 Å². The first kappa shape index (κ1) is 26.4. The molecule has 0 atom stereocenters. The summed E-state index contributed by atoms with van der Waals surface area (Å²) >= 11 is 5.99. The number of aliphatic imine (C=N–C) groups is 1. The first-order valence-electron chi connectivity index (χ1n) is 11.2. The van der Waals surface area contributed by atoms with E-state index in [0.717, 1.165) is 33.8 Å². The largest absolute Gasteiger partial charge is 0.497 e. The summed E-state index contributed by atoms with van der Waals surface area (Å²) in [7, 11) is 1.61. The molecule has 1 amide bonds. The fourth-order valence-electron chi connectivity index (χ4n) is 3.58. The van der Waals surface area contributed by atoms with Crippen molar-refractivity contribution < 1.29 is 9.53 Å². The van der Waals surface area contributed by atoms with Crippen molar-refractivity contribution in [2.24, 2.45) is 4.99 Å². The Morgan fingerprint density at radius 1 is 1.11 bits per heavy atom. The van der Waals surface area contributed by atoms with Crippen molar-refractivity contribution in [2.45, 2.75) is 20.4 Å². The maximum Gasteiger partial charge on any atom is 0.217 e. The Bertz CT molecular complexity index is 1290. The zero-order valence-electron chi connectivity index (χ0n) is 20.4. The highest BCUT2D eigenvalue weighted by atomic mass is 35.5. The van der Waals surface area contributed by atoms with Gasteiger partial charge in [0.1, 0.15) is 17.4 Å². The van der Waals surface area contributed by atoms with E-state index in [1.165, 1.54) is 6.92 Å². The van der Waals surface area contributed by atoms with Gasteiger partial charge in [-0.1, -0.05) is 35.9 Å². The fraction of sp³-hybridized carbons (Fsp3) is 0.185. The molecule has 186 valence electrons. The Morgan fingerprint density at radius 3 is 2.36 bits per heavy atom. The molecule has 8 nitrogen and oxygen atoms in total. The number of carbonyl (C=O) groups excluding carboxylic acids is 1. The number of nitrogens with zero attached hydrogens (tertiary/aromatic N) is 2. The van der Waals surface area contributed by atoms with Gasteiger partial charge in [-0.3, -0.25) is 25.5 Å². The van der Waals surface area contributed by atoms with Crippen molar-refractivity contribution in [1.82, 2.24) is 5.32 Å². The molecule has 36 heavy (non-hydrogen) atoms. The highest BCUT2D eigenvalue weighted by Gasteiger charge is 2.25. The molecule has 0 saturated heterocycles. The summed E-state index contributed by atoms with van der Waals surface area (Å²) in [5.41, 5.74) is 10.5. The van der Waals surface area contributed by atoms with Gasteiger partial charge in [-0.25, -0.2) is 0 Å². The second-order valence-electron chi connectivity index (χ2n) is 8.07. The molecular weight excluding hydrogens is 476 g/mol. The summed E-state index contributed by atoms with van der Waals surface area (Å²) in [6.45, 7) is 3.92. The zero-order valence-corrected chi connectivity index (χ0v) is 21.2. The van der Waals surface area contributed by atoms with Crippen LogP contribution in [0.3, 0.4) is 0 Å². The number of hydrogen-bond donors (Lipinski definition) is 4. The predicted molar refractivity (Wildman–Crippen MR) is 147 cm³/mol. The number of carbonyl (C=O) groups is 1. The number of hydrogen-bond acceptors (Lipinski definition) is 6. The van der Waals surface area contributed by atoms with E-state index in [1.54, 1.807) is 18.9 Å².